The van der Waals surface area contributed by atoms with Crippen molar-refractivity contribution in [1.82, 2.24) is 19.5 Å². The number of nitrogens with one attached hydrogen (secondary N) is 1. The Kier molecular flexibility index (Phi) is 2.26. The molecule has 3 aromatic heterocycles. The van der Waals surface area contributed by atoms with Crippen LogP contribution in [0.2, 0.25) is 0 Å². The van der Waals surface area contributed by atoms with Crippen LogP contribution in [-0.4, -0.2) is 19.5 Å². The van der Waals surface area contributed by atoms with E-state index in [0.29, 0.717) is 5.39 Å². The molecule has 0 bridgehead atoms. The van der Waals surface area contributed by atoms with Crippen LogP contribution in [0.15, 0.2) is 52.3 Å². The van der Waals surface area contributed by atoms with E-state index in [1.54, 1.807) is 30.3 Å². The summed E-state index contributed by atoms with van der Waals surface area (Å²) in [7, 11) is 0. The maximum atomic E-state index is 12.2. The van der Waals surface area contributed by atoms with Gasteiger partial charge in [0, 0.05) is 12.4 Å². The van der Waals surface area contributed by atoms with Gasteiger partial charge >= 0.3 is 5.69 Å². The third kappa shape index (κ3) is 1.51. The van der Waals surface area contributed by atoms with Gasteiger partial charge in [0.05, 0.1) is 5.39 Å². The van der Waals surface area contributed by atoms with Crippen LogP contribution in [0.4, 0.5) is 0 Å². The van der Waals surface area contributed by atoms with Crippen molar-refractivity contribution in [3.05, 3.63) is 63.6 Å². The van der Waals surface area contributed by atoms with E-state index in [2.05, 4.69) is 15.0 Å². The molecule has 88 valence electrons. The zero-order chi connectivity index (χ0) is 12.5. The number of pyridine rings is 2. The van der Waals surface area contributed by atoms with E-state index in [1.807, 2.05) is 0 Å². The third-order valence-corrected chi connectivity index (χ3v) is 2.55. The molecule has 0 atom stereocenters. The van der Waals surface area contributed by atoms with Gasteiger partial charge in [0.2, 0.25) is 0 Å². The fraction of sp³-hybridized carbons (Fsp3) is 0. The maximum absolute atomic E-state index is 12.2. The Balaban J connectivity index is 2.45. The van der Waals surface area contributed by atoms with Crippen molar-refractivity contribution >= 4 is 11.0 Å². The van der Waals surface area contributed by atoms with Gasteiger partial charge in [-0.3, -0.25) is 9.78 Å². The van der Waals surface area contributed by atoms with Crippen molar-refractivity contribution in [1.29, 1.82) is 0 Å². The number of hydrogen-bond acceptors (Lipinski definition) is 4. The lowest BCUT2D eigenvalue weighted by Gasteiger charge is -2.04. The van der Waals surface area contributed by atoms with E-state index in [0.717, 1.165) is 4.57 Å². The van der Waals surface area contributed by atoms with Gasteiger partial charge in [0.25, 0.3) is 5.56 Å². The van der Waals surface area contributed by atoms with Crippen molar-refractivity contribution in [2.24, 2.45) is 0 Å². The van der Waals surface area contributed by atoms with Crippen LogP contribution in [0.25, 0.3) is 16.9 Å². The van der Waals surface area contributed by atoms with E-state index in [4.69, 9.17) is 0 Å². The SMILES string of the molecule is O=c1[nH]c2ncccc2c(=O)n1-c1ccccn1. The van der Waals surface area contributed by atoms with Crippen molar-refractivity contribution in [3.8, 4) is 5.82 Å². The summed E-state index contributed by atoms with van der Waals surface area (Å²) >= 11 is 0. The van der Waals surface area contributed by atoms with Gasteiger partial charge in [-0.1, -0.05) is 6.07 Å². The summed E-state index contributed by atoms with van der Waals surface area (Å²) < 4.78 is 0.990. The zero-order valence-corrected chi connectivity index (χ0v) is 9.20. The lowest BCUT2D eigenvalue weighted by Crippen LogP contribution is -2.34. The average molecular weight is 240 g/mol. The molecule has 3 rings (SSSR count). The van der Waals surface area contributed by atoms with Crippen LogP contribution in [0.5, 0.6) is 0 Å². The molecule has 3 heterocycles. The summed E-state index contributed by atoms with van der Waals surface area (Å²) in [5, 5.41) is 0.350. The molecular weight excluding hydrogens is 232 g/mol. The number of H-pyrrole nitrogens is 1. The number of aromatic amines is 1. The largest absolute Gasteiger partial charge is 0.335 e. The number of aromatic nitrogens is 4. The molecule has 0 aliphatic carbocycles. The Labute approximate surface area is 101 Å². The van der Waals surface area contributed by atoms with Gasteiger partial charge in [-0.2, -0.15) is 0 Å². The minimum absolute atomic E-state index is 0.277. The van der Waals surface area contributed by atoms with Crippen molar-refractivity contribution in [2.75, 3.05) is 0 Å². The molecular formula is C12H8N4O2. The van der Waals surface area contributed by atoms with Crippen molar-refractivity contribution < 1.29 is 0 Å². The van der Waals surface area contributed by atoms with Crippen LogP contribution in [-0.2, 0) is 0 Å². The van der Waals surface area contributed by atoms with E-state index in [-0.39, 0.29) is 11.5 Å². The highest BCUT2D eigenvalue weighted by atomic mass is 16.2. The van der Waals surface area contributed by atoms with Crippen LogP contribution in [0, 0.1) is 0 Å². The second kappa shape index (κ2) is 3.92. The highest BCUT2D eigenvalue weighted by Gasteiger charge is 2.09. The van der Waals surface area contributed by atoms with E-state index >= 15 is 0 Å². The minimum atomic E-state index is -0.551. The normalized spacial score (nSPS) is 10.7. The minimum Gasteiger partial charge on any atom is -0.291 e. The molecule has 0 spiro atoms. The maximum Gasteiger partial charge on any atom is 0.335 e. The first-order chi connectivity index (χ1) is 8.77. The number of hydrogen-bond donors (Lipinski definition) is 1. The lowest BCUT2D eigenvalue weighted by molar-refractivity contribution is 0.864. The van der Waals surface area contributed by atoms with Gasteiger partial charge in [-0.15, -0.1) is 0 Å². The summed E-state index contributed by atoms with van der Waals surface area (Å²) in [5.41, 5.74) is -0.704. The standard InChI is InChI=1S/C12H8N4O2/c17-11-8-4-3-7-14-10(8)15-12(18)16(11)9-5-1-2-6-13-9/h1-7H,(H,14,15,18). The van der Waals surface area contributed by atoms with Gasteiger partial charge in [0.1, 0.15) is 11.5 Å². The molecule has 18 heavy (non-hydrogen) atoms. The monoisotopic (exact) mass is 240 g/mol. The first kappa shape index (κ1) is 10.4. The average Bonchev–Trinajstić information content (AvgIpc) is 2.40. The molecule has 0 aromatic carbocycles. The summed E-state index contributed by atoms with van der Waals surface area (Å²) in [6.07, 6.45) is 3.04. The number of fused-ring (bicyclic) bond motifs is 1. The molecule has 0 saturated carbocycles. The molecule has 6 heteroatoms. The van der Waals surface area contributed by atoms with Crippen molar-refractivity contribution in [2.45, 2.75) is 0 Å². The molecule has 1 N–H and O–H groups in total. The third-order valence-electron chi connectivity index (χ3n) is 2.55. The summed E-state index contributed by atoms with van der Waals surface area (Å²) in [4.78, 5) is 34.6. The number of rotatable bonds is 1. The Morgan fingerprint density at radius 1 is 1.00 bits per heavy atom. The Morgan fingerprint density at radius 2 is 1.83 bits per heavy atom. The lowest BCUT2D eigenvalue weighted by atomic mass is 10.3. The van der Waals surface area contributed by atoms with Crippen LogP contribution in [0.3, 0.4) is 0 Å². The fourth-order valence-electron chi connectivity index (χ4n) is 1.74. The van der Waals surface area contributed by atoms with Crippen LogP contribution < -0.4 is 11.2 Å². The highest BCUT2D eigenvalue weighted by molar-refractivity contribution is 5.72. The molecule has 6 nitrogen and oxygen atoms in total. The van der Waals surface area contributed by atoms with E-state index < -0.39 is 11.2 Å². The molecule has 0 radical (unpaired) electrons. The zero-order valence-electron chi connectivity index (χ0n) is 9.20. The molecule has 0 fully saturated rings. The summed E-state index contributed by atoms with van der Waals surface area (Å²) in [5.74, 6) is 0.287. The highest BCUT2D eigenvalue weighted by Crippen LogP contribution is 2.01. The predicted molar refractivity (Wildman–Crippen MR) is 65.8 cm³/mol. The fourth-order valence-corrected chi connectivity index (χ4v) is 1.74. The van der Waals surface area contributed by atoms with Gasteiger partial charge in [-0.25, -0.2) is 19.3 Å². The summed E-state index contributed by atoms with van der Waals surface area (Å²) in [6, 6.07) is 8.27. The molecule has 0 aliphatic rings. The molecule has 0 amide bonds. The first-order valence-electron chi connectivity index (χ1n) is 5.29. The van der Waals surface area contributed by atoms with E-state index in [9.17, 15) is 9.59 Å². The van der Waals surface area contributed by atoms with Crippen molar-refractivity contribution in [3.63, 3.8) is 0 Å². The first-order valence-corrected chi connectivity index (χ1v) is 5.29. The van der Waals surface area contributed by atoms with Gasteiger partial charge < -0.3 is 0 Å². The quantitative estimate of drug-likeness (QED) is 0.670. The Bertz CT molecular complexity index is 821. The van der Waals surface area contributed by atoms with Crippen LogP contribution in [0.1, 0.15) is 0 Å². The topological polar surface area (TPSA) is 80.6 Å². The molecule has 0 aliphatic heterocycles. The Hall–Kier alpha value is -2.76. The number of nitrogens with zero attached hydrogens (tertiary/aromatic N) is 3. The smallest absolute Gasteiger partial charge is 0.291 e. The second-order valence-electron chi connectivity index (χ2n) is 3.66. The van der Waals surface area contributed by atoms with Gasteiger partial charge in [0.15, 0.2) is 0 Å². The van der Waals surface area contributed by atoms with Crippen LogP contribution >= 0.6 is 0 Å². The predicted octanol–water partition coefficient (Wildman–Crippen LogP) is 0.469. The summed E-state index contributed by atoms with van der Waals surface area (Å²) in [6.45, 7) is 0. The Morgan fingerprint density at radius 3 is 2.61 bits per heavy atom. The van der Waals surface area contributed by atoms with Gasteiger partial charge in [-0.05, 0) is 24.3 Å². The second-order valence-corrected chi connectivity index (χ2v) is 3.66. The molecule has 0 saturated heterocycles. The van der Waals surface area contributed by atoms with E-state index in [1.165, 1.54) is 12.4 Å². The molecule has 0 unspecified atom stereocenters. The molecule has 3 aromatic rings.